The predicted octanol–water partition coefficient (Wildman–Crippen LogP) is 3.63. The van der Waals surface area contributed by atoms with Crippen molar-refractivity contribution in [2.24, 2.45) is 0 Å². The largest absolute Gasteiger partial charge is 0.493 e. The lowest BCUT2D eigenvalue weighted by Gasteiger charge is -2.35. The lowest BCUT2D eigenvalue weighted by atomic mass is 10.1. The summed E-state index contributed by atoms with van der Waals surface area (Å²) in [7, 11) is 4.90. The Labute approximate surface area is 196 Å². The first kappa shape index (κ1) is 25.8. The molecule has 0 unspecified atom stereocenters. The number of halogens is 1. The summed E-state index contributed by atoms with van der Waals surface area (Å²) in [6, 6.07) is 11.6. The maximum atomic E-state index is 12.2. The molecule has 176 valence electrons. The Balaban J connectivity index is 0.00000363. The van der Waals surface area contributed by atoms with E-state index in [-0.39, 0.29) is 18.4 Å². The van der Waals surface area contributed by atoms with Gasteiger partial charge in [-0.05, 0) is 24.6 Å². The van der Waals surface area contributed by atoms with Gasteiger partial charge < -0.3 is 18.9 Å². The molecule has 0 spiro atoms. The second kappa shape index (κ2) is 12.5. The van der Waals surface area contributed by atoms with Crippen LogP contribution >= 0.6 is 12.4 Å². The Kier molecular flexibility index (Phi) is 10.1. The molecule has 1 heterocycles. The highest BCUT2D eigenvalue weighted by Gasteiger charge is 2.22. The van der Waals surface area contributed by atoms with Gasteiger partial charge >= 0.3 is 5.97 Å². The van der Waals surface area contributed by atoms with Gasteiger partial charge in [-0.2, -0.15) is 0 Å². The summed E-state index contributed by atoms with van der Waals surface area (Å²) < 4.78 is 21.7. The van der Waals surface area contributed by atoms with Crippen molar-refractivity contribution in [2.75, 3.05) is 54.1 Å². The minimum absolute atomic E-state index is 0. The van der Waals surface area contributed by atoms with Gasteiger partial charge in [0.2, 0.25) is 5.75 Å². The maximum Gasteiger partial charge on any atom is 0.338 e. The Morgan fingerprint density at radius 2 is 1.41 bits per heavy atom. The van der Waals surface area contributed by atoms with Crippen LogP contribution in [0.25, 0.3) is 0 Å². The van der Waals surface area contributed by atoms with E-state index in [2.05, 4.69) is 9.80 Å². The van der Waals surface area contributed by atoms with Gasteiger partial charge in [0, 0.05) is 44.8 Å². The number of hydrogen-bond acceptors (Lipinski definition) is 7. The topological polar surface area (TPSA) is 60.5 Å². The normalized spacial score (nSPS) is 14.4. The van der Waals surface area contributed by atoms with E-state index in [9.17, 15) is 4.79 Å². The number of ether oxygens (including phenoxy) is 4. The number of carbonyl (C=O) groups excluding carboxylic acids is 1. The third-order valence-electron chi connectivity index (χ3n) is 5.55. The molecule has 0 saturated carbocycles. The van der Waals surface area contributed by atoms with Crippen molar-refractivity contribution in [1.29, 1.82) is 0 Å². The minimum atomic E-state index is -0.253. The summed E-state index contributed by atoms with van der Waals surface area (Å²) in [4.78, 5) is 17.0. The van der Waals surface area contributed by atoms with Crippen LogP contribution in [0.1, 0.15) is 28.4 Å². The van der Waals surface area contributed by atoms with Gasteiger partial charge in [0.15, 0.2) is 11.5 Å². The van der Waals surface area contributed by atoms with Crippen LogP contribution in [0.3, 0.4) is 0 Å². The van der Waals surface area contributed by atoms with Crippen LogP contribution in [0.5, 0.6) is 17.2 Å². The number of nitrogens with zero attached hydrogens (tertiary/aromatic N) is 2. The lowest BCUT2D eigenvalue weighted by molar-refractivity contribution is 0.0522. The summed E-state index contributed by atoms with van der Waals surface area (Å²) in [6.45, 7) is 7.43. The van der Waals surface area contributed by atoms with Crippen LogP contribution in [-0.2, 0) is 17.8 Å². The Hall–Kier alpha value is -2.48. The highest BCUT2D eigenvalue weighted by Crippen LogP contribution is 2.40. The molecule has 0 atom stereocenters. The average molecular weight is 465 g/mol. The molecule has 0 radical (unpaired) electrons. The number of esters is 1. The summed E-state index contributed by atoms with van der Waals surface area (Å²) in [5.41, 5.74) is 2.74. The van der Waals surface area contributed by atoms with E-state index >= 15 is 0 Å². The fourth-order valence-corrected chi connectivity index (χ4v) is 3.94. The van der Waals surface area contributed by atoms with Crippen LogP contribution < -0.4 is 14.2 Å². The smallest absolute Gasteiger partial charge is 0.338 e. The van der Waals surface area contributed by atoms with Gasteiger partial charge in [0.25, 0.3) is 0 Å². The predicted molar refractivity (Wildman–Crippen MR) is 126 cm³/mol. The molecule has 32 heavy (non-hydrogen) atoms. The SMILES string of the molecule is CCOC(=O)c1ccccc1CN1CCN(Cc2ccc(OC)c(OC)c2OC)CC1.Cl. The molecular formula is C24H33ClN2O5. The summed E-state index contributed by atoms with van der Waals surface area (Å²) >= 11 is 0. The zero-order valence-corrected chi connectivity index (χ0v) is 20.1. The summed E-state index contributed by atoms with van der Waals surface area (Å²) in [5.74, 6) is 1.75. The highest BCUT2D eigenvalue weighted by molar-refractivity contribution is 5.91. The van der Waals surface area contributed by atoms with E-state index in [1.165, 1.54) is 0 Å². The van der Waals surface area contributed by atoms with Crippen molar-refractivity contribution in [3.63, 3.8) is 0 Å². The maximum absolute atomic E-state index is 12.2. The highest BCUT2D eigenvalue weighted by atomic mass is 35.5. The first-order chi connectivity index (χ1) is 15.1. The molecule has 0 aliphatic carbocycles. The lowest BCUT2D eigenvalue weighted by Crippen LogP contribution is -2.45. The number of piperazine rings is 1. The molecule has 1 saturated heterocycles. The van der Waals surface area contributed by atoms with Gasteiger partial charge in [0.05, 0.1) is 33.5 Å². The van der Waals surface area contributed by atoms with Crippen LogP contribution in [0.4, 0.5) is 0 Å². The van der Waals surface area contributed by atoms with E-state index in [4.69, 9.17) is 18.9 Å². The second-order valence-electron chi connectivity index (χ2n) is 7.42. The number of rotatable bonds is 9. The molecule has 2 aromatic carbocycles. The van der Waals surface area contributed by atoms with Crippen LogP contribution in [-0.4, -0.2) is 69.9 Å². The molecule has 3 rings (SSSR count). The second-order valence-corrected chi connectivity index (χ2v) is 7.42. The molecule has 1 fully saturated rings. The molecule has 0 N–H and O–H groups in total. The molecule has 2 aromatic rings. The first-order valence-corrected chi connectivity index (χ1v) is 10.6. The molecule has 0 bridgehead atoms. The van der Waals surface area contributed by atoms with Crippen molar-refractivity contribution < 1.29 is 23.7 Å². The van der Waals surface area contributed by atoms with E-state index in [1.54, 1.807) is 21.3 Å². The zero-order chi connectivity index (χ0) is 22.2. The zero-order valence-electron chi connectivity index (χ0n) is 19.3. The Bertz CT molecular complexity index is 885. The summed E-state index contributed by atoms with van der Waals surface area (Å²) in [5, 5.41) is 0. The average Bonchev–Trinajstić information content (AvgIpc) is 2.80. The number of methoxy groups -OCH3 is 3. The van der Waals surface area contributed by atoms with Gasteiger partial charge in [0.1, 0.15) is 0 Å². The number of benzene rings is 2. The monoisotopic (exact) mass is 464 g/mol. The Morgan fingerprint density at radius 1 is 0.812 bits per heavy atom. The van der Waals surface area contributed by atoms with E-state index in [0.29, 0.717) is 29.4 Å². The summed E-state index contributed by atoms with van der Waals surface area (Å²) in [6.07, 6.45) is 0. The van der Waals surface area contributed by atoms with Crippen LogP contribution in [0.2, 0.25) is 0 Å². The van der Waals surface area contributed by atoms with E-state index in [1.807, 2.05) is 43.3 Å². The van der Waals surface area contributed by atoms with Gasteiger partial charge in [-0.15, -0.1) is 12.4 Å². The van der Waals surface area contributed by atoms with Crippen molar-refractivity contribution >= 4 is 18.4 Å². The first-order valence-electron chi connectivity index (χ1n) is 10.6. The molecule has 8 heteroatoms. The minimum Gasteiger partial charge on any atom is -0.493 e. The van der Waals surface area contributed by atoms with Crippen molar-refractivity contribution in [2.45, 2.75) is 20.0 Å². The number of carbonyl (C=O) groups is 1. The third-order valence-corrected chi connectivity index (χ3v) is 5.55. The molecule has 7 nitrogen and oxygen atoms in total. The van der Waals surface area contributed by atoms with Gasteiger partial charge in [-0.3, -0.25) is 9.80 Å². The van der Waals surface area contributed by atoms with Crippen LogP contribution in [0, 0.1) is 0 Å². The molecule has 1 aliphatic rings. The van der Waals surface area contributed by atoms with Crippen molar-refractivity contribution in [3.05, 3.63) is 53.1 Å². The standard InChI is InChI=1S/C24H32N2O5.ClH/c1-5-31-24(27)20-9-7-6-8-18(20)16-25-12-14-26(15-13-25)17-19-10-11-21(28-2)23(30-4)22(19)29-3;/h6-11H,5,12-17H2,1-4H3;1H. The molecule has 0 amide bonds. The Morgan fingerprint density at radius 3 is 1.97 bits per heavy atom. The molecule has 1 aliphatic heterocycles. The fraction of sp³-hybridized carbons (Fsp3) is 0.458. The van der Waals surface area contributed by atoms with E-state index < -0.39 is 0 Å². The number of hydrogen-bond donors (Lipinski definition) is 0. The molecule has 0 aromatic heterocycles. The fourth-order valence-electron chi connectivity index (χ4n) is 3.94. The van der Waals surface area contributed by atoms with Gasteiger partial charge in [-0.25, -0.2) is 4.79 Å². The van der Waals surface area contributed by atoms with Crippen molar-refractivity contribution in [1.82, 2.24) is 9.80 Å². The quantitative estimate of drug-likeness (QED) is 0.525. The van der Waals surface area contributed by atoms with Crippen molar-refractivity contribution in [3.8, 4) is 17.2 Å². The van der Waals surface area contributed by atoms with E-state index in [0.717, 1.165) is 50.4 Å². The molecular weight excluding hydrogens is 432 g/mol. The third kappa shape index (κ3) is 6.06. The van der Waals surface area contributed by atoms with Crippen LogP contribution in [0.15, 0.2) is 36.4 Å². The van der Waals surface area contributed by atoms with Gasteiger partial charge in [-0.1, -0.05) is 24.3 Å².